The van der Waals surface area contributed by atoms with E-state index in [0.29, 0.717) is 75.9 Å². The van der Waals surface area contributed by atoms with Crippen LogP contribution in [0.5, 0.6) is 23.0 Å². The molecular weight excluding hydrogens is 829 g/mol. The molecule has 2 aromatic heterocycles. The summed E-state index contributed by atoms with van der Waals surface area (Å²) in [5.74, 6) is 2.69. The van der Waals surface area contributed by atoms with E-state index in [4.69, 9.17) is 37.9 Å². The van der Waals surface area contributed by atoms with Crippen LogP contribution in [0.15, 0.2) is 146 Å². The van der Waals surface area contributed by atoms with Crippen molar-refractivity contribution in [1.82, 2.24) is 9.97 Å². The number of pyridine rings is 2. The molecule has 10 nitrogen and oxygen atoms in total. The van der Waals surface area contributed by atoms with Gasteiger partial charge in [-0.05, 0) is 72.4 Å². The molecule has 334 valence electrons. The number of ether oxygens (including phenoxy) is 8. The molecule has 0 fully saturated rings. The molecule has 0 aliphatic carbocycles. The molecule has 66 heavy (non-hydrogen) atoms. The van der Waals surface area contributed by atoms with Gasteiger partial charge in [-0.15, -0.1) is 0 Å². The number of hydrogen-bond donors (Lipinski definition) is 0. The maximum Gasteiger partial charge on any atom is 0.138 e. The Labute approximate surface area is 384 Å². The van der Waals surface area contributed by atoms with E-state index in [0.717, 1.165) is 87.6 Å². The summed E-state index contributed by atoms with van der Waals surface area (Å²) in [7, 11) is 6.69. The van der Waals surface area contributed by atoms with Gasteiger partial charge < -0.3 is 37.9 Å². The highest BCUT2D eigenvalue weighted by atomic mass is 16.5. The molecule has 0 amide bonds. The van der Waals surface area contributed by atoms with Gasteiger partial charge in [0.2, 0.25) is 0 Å². The van der Waals surface area contributed by atoms with Gasteiger partial charge in [-0.1, -0.05) is 97.1 Å². The number of benzene rings is 7. The molecular formula is C56H52N2O8. The van der Waals surface area contributed by atoms with Crippen molar-refractivity contribution in [2.45, 2.75) is 0 Å². The van der Waals surface area contributed by atoms with Gasteiger partial charge in [0.05, 0.1) is 38.8 Å². The first-order valence-corrected chi connectivity index (χ1v) is 22.1. The second kappa shape index (κ2) is 20.8. The van der Waals surface area contributed by atoms with E-state index in [9.17, 15) is 0 Å². The van der Waals surface area contributed by atoms with Crippen molar-refractivity contribution in [3.8, 4) is 67.5 Å². The van der Waals surface area contributed by atoms with Gasteiger partial charge in [-0.3, -0.25) is 9.97 Å². The highest BCUT2D eigenvalue weighted by Gasteiger charge is 2.25. The third-order valence-electron chi connectivity index (χ3n) is 11.7. The van der Waals surface area contributed by atoms with E-state index in [1.165, 1.54) is 0 Å². The Morgan fingerprint density at radius 1 is 0.318 bits per heavy atom. The fourth-order valence-corrected chi connectivity index (χ4v) is 8.87. The fraction of sp³-hybridized carbons (Fsp3) is 0.214. The Morgan fingerprint density at radius 3 is 0.939 bits per heavy atom. The number of aromatic nitrogens is 2. The molecule has 9 aromatic rings. The third kappa shape index (κ3) is 8.96. The van der Waals surface area contributed by atoms with Crippen LogP contribution in [0.1, 0.15) is 0 Å². The highest BCUT2D eigenvalue weighted by Crippen LogP contribution is 2.52. The first kappa shape index (κ1) is 44.1. The van der Waals surface area contributed by atoms with Crippen LogP contribution in [0.25, 0.3) is 87.6 Å². The molecule has 0 bridgehead atoms. The van der Waals surface area contributed by atoms with E-state index in [-0.39, 0.29) is 0 Å². The molecule has 0 saturated heterocycles. The van der Waals surface area contributed by atoms with Gasteiger partial charge in [-0.25, -0.2) is 0 Å². The third-order valence-corrected chi connectivity index (χ3v) is 11.7. The summed E-state index contributed by atoms with van der Waals surface area (Å²) < 4.78 is 47.2. The summed E-state index contributed by atoms with van der Waals surface area (Å²) in [4.78, 5) is 9.27. The number of methoxy groups -OCH3 is 4. The summed E-state index contributed by atoms with van der Waals surface area (Å²) >= 11 is 0. The zero-order chi connectivity index (χ0) is 45.2. The number of fused-ring (bicyclic) bond motifs is 4. The van der Waals surface area contributed by atoms with Crippen molar-refractivity contribution in [3.63, 3.8) is 0 Å². The summed E-state index contributed by atoms with van der Waals surface area (Å²) in [6, 6.07) is 42.6. The number of nitrogens with zero attached hydrogens (tertiary/aromatic N) is 2. The molecule has 0 N–H and O–H groups in total. The quantitative estimate of drug-likeness (QED) is 0.0543. The van der Waals surface area contributed by atoms with Gasteiger partial charge in [0.1, 0.15) is 49.4 Å². The van der Waals surface area contributed by atoms with E-state index >= 15 is 0 Å². The molecule has 0 unspecified atom stereocenters. The summed E-state index contributed by atoms with van der Waals surface area (Å²) in [5, 5.41) is 8.47. The molecule has 9 rings (SSSR count). The van der Waals surface area contributed by atoms with Gasteiger partial charge in [0.15, 0.2) is 0 Å². The van der Waals surface area contributed by atoms with E-state index < -0.39 is 0 Å². The van der Waals surface area contributed by atoms with Crippen molar-refractivity contribution < 1.29 is 37.9 Å². The van der Waals surface area contributed by atoms with Crippen molar-refractivity contribution in [3.05, 3.63) is 146 Å². The normalized spacial score (nSPS) is 11.5. The maximum atomic E-state index is 6.74. The zero-order valence-corrected chi connectivity index (χ0v) is 37.7. The highest BCUT2D eigenvalue weighted by molar-refractivity contribution is 6.24. The van der Waals surface area contributed by atoms with Crippen LogP contribution in [0.2, 0.25) is 0 Å². The van der Waals surface area contributed by atoms with Crippen LogP contribution < -0.4 is 18.9 Å². The second-order valence-corrected chi connectivity index (χ2v) is 15.7. The lowest BCUT2D eigenvalue weighted by Crippen LogP contribution is -2.08. The Hall–Kier alpha value is -7.08. The molecule has 2 heterocycles. The first-order valence-electron chi connectivity index (χ1n) is 22.1. The van der Waals surface area contributed by atoms with E-state index in [1.54, 1.807) is 40.8 Å². The predicted octanol–water partition coefficient (Wildman–Crippen LogP) is 11.9. The fourth-order valence-electron chi connectivity index (χ4n) is 8.87. The SMILES string of the molecule is COCCOc1cncc(-c2c3ccccc3c(-c3cc(-c4c5ccccc5c(-c5cncc(OCCOC)c5)c5ccccc45)c(OCCOC)cc3OCCOC)c3ccccc23)c1. The lowest BCUT2D eigenvalue weighted by Gasteiger charge is -2.24. The van der Waals surface area contributed by atoms with Crippen LogP contribution in [-0.4, -0.2) is 91.3 Å². The molecule has 7 aromatic carbocycles. The van der Waals surface area contributed by atoms with Gasteiger partial charge in [0, 0.05) is 80.3 Å². The number of hydrogen-bond acceptors (Lipinski definition) is 10. The van der Waals surface area contributed by atoms with Crippen molar-refractivity contribution in [1.29, 1.82) is 0 Å². The summed E-state index contributed by atoms with van der Waals surface area (Å²) in [6.45, 7) is 3.26. The lowest BCUT2D eigenvalue weighted by molar-refractivity contribution is 0.143. The maximum absolute atomic E-state index is 6.74. The Balaban J connectivity index is 1.34. The minimum absolute atomic E-state index is 0.332. The summed E-state index contributed by atoms with van der Waals surface area (Å²) in [6.07, 6.45) is 7.29. The van der Waals surface area contributed by atoms with Crippen molar-refractivity contribution in [2.75, 3.05) is 81.3 Å². The van der Waals surface area contributed by atoms with Crippen LogP contribution >= 0.6 is 0 Å². The average Bonchev–Trinajstić information content (AvgIpc) is 3.35. The standard InChI is InChI=1S/C56H52N2O8/c1-59-21-25-63-39-29-37(33-57-35-39)53-41-13-5-9-17-45(41)55(46-18-10-6-14-42(46)53)49-31-50(52(66-28-24-62-4)32-51(49)65-27-23-61-3)56-47-19-11-7-15-43(47)54(44-16-8-12-20-48(44)56)38-30-40(36-58-34-38)64-26-22-60-2/h5-20,29-36H,21-28H2,1-4H3. The van der Waals surface area contributed by atoms with Crippen LogP contribution in [0.3, 0.4) is 0 Å². The minimum Gasteiger partial charge on any atom is -0.490 e. The molecule has 0 saturated carbocycles. The Kier molecular flexibility index (Phi) is 13.9. The van der Waals surface area contributed by atoms with E-state index in [1.807, 2.05) is 18.5 Å². The topological polar surface area (TPSA) is 99.6 Å². The minimum atomic E-state index is 0.332. The second-order valence-electron chi connectivity index (χ2n) is 15.7. The molecule has 10 heteroatoms. The van der Waals surface area contributed by atoms with Gasteiger partial charge in [0.25, 0.3) is 0 Å². The van der Waals surface area contributed by atoms with Gasteiger partial charge >= 0.3 is 0 Å². The Bertz CT molecular complexity index is 2810. The van der Waals surface area contributed by atoms with Crippen LogP contribution in [0.4, 0.5) is 0 Å². The number of rotatable bonds is 20. The monoisotopic (exact) mass is 880 g/mol. The van der Waals surface area contributed by atoms with Crippen LogP contribution in [-0.2, 0) is 18.9 Å². The average molecular weight is 881 g/mol. The summed E-state index contributed by atoms with van der Waals surface area (Å²) in [5.41, 5.74) is 7.91. The smallest absolute Gasteiger partial charge is 0.138 e. The molecule has 0 aliphatic rings. The van der Waals surface area contributed by atoms with Crippen molar-refractivity contribution in [2.24, 2.45) is 0 Å². The first-order chi connectivity index (χ1) is 32.6. The Morgan fingerprint density at radius 2 is 0.621 bits per heavy atom. The molecule has 0 radical (unpaired) electrons. The van der Waals surface area contributed by atoms with E-state index in [2.05, 4.69) is 125 Å². The van der Waals surface area contributed by atoms with Gasteiger partial charge in [-0.2, -0.15) is 0 Å². The molecule has 0 atom stereocenters. The largest absolute Gasteiger partial charge is 0.490 e. The molecule has 0 spiro atoms. The van der Waals surface area contributed by atoms with Crippen molar-refractivity contribution >= 4 is 43.1 Å². The lowest BCUT2D eigenvalue weighted by atomic mass is 9.83. The van der Waals surface area contributed by atoms with Crippen LogP contribution in [0, 0.1) is 0 Å². The molecule has 0 aliphatic heterocycles. The predicted molar refractivity (Wildman–Crippen MR) is 263 cm³/mol. The zero-order valence-electron chi connectivity index (χ0n) is 37.7.